The van der Waals surface area contributed by atoms with E-state index in [1.807, 2.05) is 30.3 Å². The number of aromatic carboxylic acids is 1. The third kappa shape index (κ3) is 4.82. The molecule has 3 aromatic rings. The molecule has 0 unspecified atom stereocenters. The van der Waals surface area contributed by atoms with E-state index in [4.69, 9.17) is 14.3 Å². The van der Waals surface area contributed by atoms with Crippen LogP contribution in [0.25, 0.3) is 17.4 Å². The van der Waals surface area contributed by atoms with Gasteiger partial charge in [0.15, 0.2) is 5.17 Å². The number of rotatable bonds is 7. The Morgan fingerprint density at radius 2 is 1.88 bits per heavy atom. The van der Waals surface area contributed by atoms with Gasteiger partial charge in [0.05, 0.1) is 29.3 Å². The van der Waals surface area contributed by atoms with Crippen molar-refractivity contribution in [2.75, 3.05) is 20.3 Å². The van der Waals surface area contributed by atoms with Crippen molar-refractivity contribution in [1.82, 2.24) is 4.90 Å². The molecule has 1 aliphatic heterocycles. The molecule has 1 aromatic heterocycles. The fraction of sp³-hybridized carbons (Fsp3) is 0.125. The van der Waals surface area contributed by atoms with Crippen molar-refractivity contribution in [2.24, 2.45) is 4.99 Å². The molecular weight excluding hydrogens is 428 g/mol. The van der Waals surface area contributed by atoms with Gasteiger partial charge in [-0.15, -0.1) is 0 Å². The van der Waals surface area contributed by atoms with Crippen LogP contribution in [0.15, 0.2) is 81.0 Å². The van der Waals surface area contributed by atoms with Crippen LogP contribution < -0.4 is 0 Å². The zero-order chi connectivity index (χ0) is 22.5. The smallest absolute Gasteiger partial charge is 0.335 e. The summed E-state index contributed by atoms with van der Waals surface area (Å²) in [6.45, 7) is 0.787. The topological polar surface area (TPSA) is 92.3 Å². The van der Waals surface area contributed by atoms with Gasteiger partial charge in [-0.2, -0.15) is 0 Å². The number of ether oxygens (including phenoxy) is 1. The first kappa shape index (κ1) is 21.6. The van der Waals surface area contributed by atoms with Crippen LogP contribution in [0, 0.1) is 0 Å². The normalized spacial score (nSPS) is 16.3. The van der Waals surface area contributed by atoms with Crippen LogP contribution >= 0.6 is 11.8 Å². The summed E-state index contributed by atoms with van der Waals surface area (Å²) in [6, 6.07) is 19.4. The first-order chi connectivity index (χ1) is 15.5. The number of nitrogens with zero attached hydrogens (tertiary/aromatic N) is 2. The van der Waals surface area contributed by atoms with Crippen molar-refractivity contribution in [3.8, 4) is 11.3 Å². The van der Waals surface area contributed by atoms with Crippen LogP contribution in [0.5, 0.6) is 0 Å². The fourth-order valence-electron chi connectivity index (χ4n) is 3.08. The summed E-state index contributed by atoms with van der Waals surface area (Å²) < 4.78 is 11.0. The second kappa shape index (κ2) is 9.67. The minimum absolute atomic E-state index is 0.162. The monoisotopic (exact) mass is 448 g/mol. The van der Waals surface area contributed by atoms with Crippen molar-refractivity contribution in [3.05, 3.63) is 83.0 Å². The standard InChI is InChI=1S/C24H20N2O5S/c1-30-14-13-26-22(27)21(32-24(26)25-18-5-3-2-4-6-18)15-19-11-12-20(31-19)16-7-9-17(10-8-16)23(28)29/h2-12,15H,13-14H2,1H3,(H,28,29)/b21-15+,25-24?. The maximum atomic E-state index is 13.0. The highest BCUT2D eigenvalue weighted by Crippen LogP contribution is 2.35. The summed E-state index contributed by atoms with van der Waals surface area (Å²) in [5, 5.41) is 9.62. The van der Waals surface area contributed by atoms with Crippen LogP contribution in [0.3, 0.4) is 0 Å². The number of amides is 1. The number of benzene rings is 2. The molecule has 2 heterocycles. The van der Waals surface area contributed by atoms with E-state index in [1.165, 1.54) is 23.9 Å². The Labute approximate surface area is 189 Å². The maximum Gasteiger partial charge on any atom is 0.335 e. The van der Waals surface area contributed by atoms with Gasteiger partial charge in [0.25, 0.3) is 5.91 Å². The molecular formula is C24H20N2O5S. The largest absolute Gasteiger partial charge is 0.478 e. The highest BCUT2D eigenvalue weighted by atomic mass is 32.2. The van der Waals surface area contributed by atoms with Crippen LogP contribution in [0.1, 0.15) is 16.1 Å². The van der Waals surface area contributed by atoms with Crippen molar-refractivity contribution >= 4 is 40.6 Å². The number of thioether (sulfide) groups is 1. The number of carbonyl (C=O) groups is 2. The van der Waals surface area contributed by atoms with Crippen LogP contribution in [0.2, 0.25) is 0 Å². The third-order valence-electron chi connectivity index (χ3n) is 4.70. The number of carbonyl (C=O) groups excluding carboxylic acids is 1. The zero-order valence-corrected chi connectivity index (χ0v) is 18.0. The van der Waals surface area contributed by atoms with Gasteiger partial charge in [0.2, 0.25) is 0 Å². The van der Waals surface area contributed by atoms with Crippen molar-refractivity contribution in [3.63, 3.8) is 0 Å². The van der Waals surface area contributed by atoms with Crippen LogP contribution in [-0.2, 0) is 9.53 Å². The number of aliphatic imine (C=N–C) groups is 1. The average molecular weight is 449 g/mol. The highest BCUT2D eigenvalue weighted by molar-refractivity contribution is 8.18. The number of furan rings is 1. The molecule has 0 atom stereocenters. The predicted octanol–water partition coefficient (Wildman–Crippen LogP) is 4.90. The van der Waals surface area contributed by atoms with Gasteiger partial charge in [-0.05, 0) is 48.2 Å². The number of hydrogen-bond donors (Lipinski definition) is 1. The first-order valence-electron chi connectivity index (χ1n) is 9.83. The second-order valence-corrected chi connectivity index (χ2v) is 7.88. The molecule has 1 N–H and O–H groups in total. The Morgan fingerprint density at radius 3 is 2.56 bits per heavy atom. The van der Waals surface area contributed by atoms with E-state index in [0.29, 0.717) is 34.7 Å². The summed E-state index contributed by atoms with van der Waals surface area (Å²) in [6.07, 6.45) is 1.69. The molecule has 1 saturated heterocycles. The maximum absolute atomic E-state index is 13.0. The van der Waals surface area contributed by atoms with Gasteiger partial charge in [0.1, 0.15) is 11.5 Å². The molecule has 0 bridgehead atoms. The lowest BCUT2D eigenvalue weighted by molar-refractivity contribution is -0.122. The lowest BCUT2D eigenvalue weighted by atomic mass is 10.1. The van der Waals surface area contributed by atoms with E-state index in [-0.39, 0.29) is 11.5 Å². The zero-order valence-electron chi connectivity index (χ0n) is 17.2. The number of carboxylic acids is 1. The lowest BCUT2D eigenvalue weighted by Crippen LogP contribution is -2.32. The molecule has 0 spiro atoms. The van der Waals surface area contributed by atoms with E-state index in [9.17, 15) is 9.59 Å². The summed E-state index contributed by atoms with van der Waals surface area (Å²) in [7, 11) is 1.59. The molecule has 0 radical (unpaired) electrons. The second-order valence-electron chi connectivity index (χ2n) is 6.87. The van der Waals surface area contributed by atoms with Gasteiger partial charge in [-0.1, -0.05) is 30.3 Å². The Kier molecular flexibility index (Phi) is 6.53. The van der Waals surface area contributed by atoms with Gasteiger partial charge in [-0.3, -0.25) is 9.69 Å². The van der Waals surface area contributed by atoms with Crippen LogP contribution in [-0.4, -0.2) is 47.3 Å². The van der Waals surface area contributed by atoms with Crippen molar-refractivity contribution < 1.29 is 23.8 Å². The summed E-state index contributed by atoms with van der Waals surface area (Å²) in [5.41, 5.74) is 1.71. The Morgan fingerprint density at radius 1 is 1.12 bits per heavy atom. The van der Waals surface area contributed by atoms with Gasteiger partial charge >= 0.3 is 5.97 Å². The fourth-order valence-corrected chi connectivity index (χ4v) is 4.08. The number of para-hydroxylation sites is 1. The predicted molar refractivity (Wildman–Crippen MR) is 124 cm³/mol. The minimum atomic E-state index is -0.982. The SMILES string of the molecule is COCCN1C(=O)/C(=C\c2ccc(-c3ccc(C(=O)O)cc3)o2)SC1=Nc1ccccc1. The van der Waals surface area contributed by atoms with E-state index in [2.05, 4.69) is 4.99 Å². The van der Waals surface area contributed by atoms with E-state index >= 15 is 0 Å². The molecule has 32 heavy (non-hydrogen) atoms. The number of carboxylic acid groups (broad SMARTS) is 1. The van der Waals surface area contributed by atoms with Gasteiger partial charge in [0, 0.05) is 18.7 Å². The molecule has 8 heteroatoms. The van der Waals surface area contributed by atoms with E-state index < -0.39 is 5.97 Å². The molecule has 1 aliphatic rings. The molecule has 1 amide bonds. The number of methoxy groups -OCH3 is 1. The van der Waals surface area contributed by atoms with Gasteiger partial charge in [-0.25, -0.2) is 9.79 Å². The Bertz CT molecular complexity index is 1180. The minimum Gasteiger partial charge on any atom is -0.478 e. The number of amidine groups is 1. The van der Waals surface area contributed by atoms with E-state index in [1.54, 1.807) is 42.4 Å². The van der Waals surface area contributed by atoms with Crippen molar-refractivity contribution in [1.29, 1.82) is 0 Å². The summed E-state index contributed by atoms with van der Waals surface area (Å²) in [5.74, 6) is -0.0425. The molecule has 4 rings (SSSR count). The molecule has 1 fully saturated rings. The molecule has 7 nitrogen and oxygen atoms in total. The summed E-state index contributed by atoms with van der Waals surface area (Å²) in [4.78, 5) is 30.7. The van der Waals surface area contributed by atoms with Gasteiger partial charge < -0.3 is 14.3 Å². The highest BCUT2D eigenvalue weighted by Gasteiger charge is 2.33. The third-order valence-corrected chi connectivity index (χ3v) is 5.71. The Balaban J connectivity index is 1.59. The summed E-state index contributed by atoms with van der Waals surface area (Å²) >= 11 is 1.28. The quantitative estimate of drug-likeness (QED) is 0.517. The average Bonchev–Trinajstić information content (AvgIpc) is 3.38. The Hall–Kier alpha value is -3.62. The van der Waals surface area contributed by atoms with Crippen LogP contribution in [0.4, 0.5) is 5.69 Å². The molecule has 0 saturated carbocycles. The lowest BCUT2D eigenvalue weighted by Gasteiger charge is -2.14. The number of hydrogen-bond acceptors (Lipinski definition) is 6. The van der Waals surface area contributed by atoms with E-state index in [0.717, 1.165) is 11.3 Å². The molecule has 0 aliphatic carbocycles. The van der Waals surface area contributed by atoms with Crippen molar-refractivity contribution in [2.45, 2.75) is 0 Å². The molecule has 162 valence electrons. The molecule has 2 aromatic carbocycles. The first-order valence-corrected chi connectivity index (χ1v) is 10.6.